The molecule has 0 fully saturated rings. The Labute approximate surface area is 112 Å². The van der Waals surface area contributed by atoms with Gasteiger partial charge >= 0.3 is 0 Å². The van der Waals surface area contributed by atoms with Crippen molar-refractivity contribution in [2.24, 2.45) is 0 Å². The Bertz CT molecular complexity index is 494. The summed E-state index contributed by atoms with van der Waals surface area (Å²) in [5.41, 5.74) is 0.0131. The molecule has 5 nitrogen and oxygen atoms in total. The molecular weight excluding hydrogens is 244 g/mol. The van der Waals surface area contributed by atoms with Gasteiger partial charge in [0, 0.05) is 18.7 Å². The number of hydrogen-bond donors (Lipinski definition) is 0. The zero-order valence-corrected chi connectivity index (χ0v) is 11.4. The van der Waals surface area contributed by atoms with Gasteiger partial charge in [-0.1, -0.05) is 18.7 Å². The van der Waals surface area contributed by atoms with Crippen LogP contribution in [0.5, 0.6) is 0 Å². The number of ketones is 1. The molecule has 0 aliphatic heterocycles. The van der Waals surface area contributed by atoms with E-state index in [-0.39, 0.29) is 11.5 Å². The van der Waals surface area contributed by atoms with Crippen LogP contribution in [0.3, 0.4) is 0 Å². The van der Waals surface area contributed by atoms with Crippen LogP contribution in [0, 0.1) is 10.1 Å². The molecule has 102 valence electrons. The maximum absolute atomic E-state index is 12.1. The maximum Gasteiger partial charge on any atom is 0.269 e. The highest BCUT2D eigenvalue weighted by Gasteiger charge is 2.34. The monoisotopic (exact) mass is 262 g/mol. The molecule has 1 aromatic rings. The van der Waals surface area contributed by atoms with Gasteiger partial charge in [-0.05, 0) is 32.7 Å². The second-order valence-corrected chi connectivity index (χ2v) is 4.94. The molecule has 0 saturated heterocycles. The third-order valence-electron chi connectivity index (χ3n) is 3.08. The molecule has 5 heteroatoms. The van der Waals surface area contributed by atoms with E-state index in [0.29, 0.717) is 6.54 Å². The number of rotatable bonds is 6. The summed E-state index contributed by atoms with van der Waals surface area (Å²) in [5.74, 6) is -0.102. The SMILES string of the molecule is C=CC(=O)C(C)(CN(C)C)c1ccc([N+](=O)[O-])cc1. The van der Waals surface area contributed by atoms with Crippen molar-refractivity contribution in [2.45, 2.75) is 12.3 Å². The van der Waals surface area contributed by atoms with Crippen molar-refractivity contribution in [1.82, 2.24) is 4.90 Å². The van der Waals surface area contributed by atoms with E-state index in [0.717, 1.165) is 5.56 Å². The zero-order valence-electron chi connectivity index (χ0n) is 11.4. The predicted octanol–water partition coefficient (Wildman–Crippen LogP) is 2.17. The third kappa shape index (κ3) is 3.26. The molecule has 1 rings (SSSR count). The lowest BCUT2D eigenvalue weighted by Crippen LogP contribution is -2.41. The van der Waals surface area contributed by atoms with Gasteiger partial charge in [0.1, 0.15) is 0 Å². The number of hydrogen-bond acceptors (Lipinski definition) is 4. The first-order valence-electron chi connectivity index (χ1n) is 5.88. The van der Waals surface area contributed by atoms with Gasteiger partial charge < -0.3 is 4.90 Å². The standard InChI is InChI=1S/C14H18N2O3/c1-5-13(17)14(2,10-15(3)4)11-6-8-12(9-7-11)16(18)19/h5-9H,1,10H2,2-4H3. The quantitative estimate of drug-likeness (QED) is 0.448. The van der Waals surface area contributed by atoms with Crippen LogP contribution < -0.4 is 0 Å². The molecule has 1 unspecified atom stereocenters. The summed E-state index contributed by atoms with van der Waals surface area (Å²) >= 11 is 0. The average Bonchev–Trinajstić information content (AvgIpc) is 2.36. The third-order valence-corrected chi connectivity index (χ3v) is 3.08. The van der Waals surface area contributed by atoms with Crippen LogP contribution in [0.2, 0.25) is 0 Å². The number of benzene rings is 1. The molecule has 19 heavy (non-hydrogen) atoms. The van der Waals surface area contributed by atoms with Crippen LogP contribution in [0.4, 0.5) is 5.69 Å². The lowest BCUT2D eigenvalue weighted by Gasteiger charge is -2.30. The van der Waals surface area contributed by atoms with Gasteiger partial charge in [-0.3, -0.25) is 14.9 Å². The number of carbonyl (C=O) groups is 1. The van der Waals surface area contributed by atoms with Gasteiger partial charge in [-0.15, -0.1) is 0 Å². The van der Waals surface area contributed by atoms with E-state index in [2.05, 4.69) is 6.58 Å². The number of allylic oxidation sites excluding steroid dienone is 1. The molecule has 0 aromatic heterocycles. The summed E-state index contributed by atoms with van der Waals surface area (Å²) in [6, 6.07) is 6.09. The molecule has 1 aromatic carbocycles. The molecule has 0 N–H and O–H groups in total. The maximum atomic E-state index is 12.1. The van der Waals surface area contributed by atoms with Crippen molar-refractivity contribution >= 4 is 11.5 Å². The second-order valence-electron chi connectivity index (χ2n) is 4.94. The molecule has 0 heterocycles. The van der Waals surface area contributed by atoms with Crippen molar-refractivity contribution in [2.75, 3.05) is 20.6 Å². The highest BCUT2D eigenvalue weighted by molar-refractivity contribution is 5.98. The van der Waals surface area contributed by atoms with Crippen molar-refractivity contribution in [3.8, 4) is 0 Å². The van der Waals surface area contributed by atoms with Gasteiger partial charge in [0.05, 0.1) is 10.3 Å². The summed E-state index contributed by atoms with van der Waals surface area (Å²) in [6.45, 7) is 5.86. The van der Waals surface area contributed by atoms with Crippen molar-refractivity contribution in [3.63, 3.8) is 0 Å². The van der Waals surface area contributed by atoms with Crippen molar-refractivity contribution in [3.05, 3.63) is 52.6 Å². The Kier molecular flexibility index (Phi) is 4.56. The molecule has 0 radical (unpaired) electrons. The zero-order chi connectivity index (χ0) is 14.6. The second kappa shape index (κ2) is 5.75. The molecule has 0 amide bonds. The van der Waals surface area contributed by atoms with Gasteiger partial charge in [-0.25, -0.2) is 0 Å². The Morgan fingerprint density at radius 1 is 1.42 bits per heavy atom. The predicted molar refractivity (Wildman–Crippen MR) is 74.2 cm³/mol. The highest BCUT2D eigenvalue weighted by atomic mass is 16.6. The van der Waals surface area contributed by atoms with Crippen molar-refractivity contribution < 1.29 is 9.72 Å². The van der Waals surface area contributed by atoms with Crippen LogP contribution in [0.25, 0.3) is 0 Å². The summed E-state index contributed by atoms with van der Waals surface area (Å²) in [4.78, 5) is 24.2. The minimum absolute atomic E-state index is 0.0157. The van der Waals surface area contributed by atoms with Crippen LogP contribution in [0.15, 0.2) is 36.9 Å². The first-order chi connectivity index (χ1) is 8.81. The molecule has 0 bridgehead atoms. The summed E-state index contributed by atoms with van der Waals surface area (Å²) in [6.07, 6.45) is 1.30. The minimum atomic E-state index is -0.750. The number of likely N-dealkylation sites (N-methyl/N-ethyl adjacent to an activating group) is 1. The van der Waals surface area contributed by atoms with Crippen LogP contribution in [0.1, 0.15) is 12.5 Å². The number of nitro groups is 1. The fourth-order valence-electron chi connectivity index (χ4n) is 2.12. The summed E-state index contributed by atoms with van der Waals surface area (Å²) < 4.78 is 0. The van der Waals surface area contributed by atoms with E-state index in [1.807, 2.05) is 25.9 Å². The number of nitro benzene ring substituents is 1. The number of nitrogens with zero attached hydrogens (tertiary/aromatic N) is 2. The fourth-order valence-corrected chi connectivity index (χ4v) is 2.12. The molecule has 0 spiro atoms. The van der Waals surface area contributed by atoms with Crippen LogP contribution in [-0.4, -0.2) is 36.2 Å². The van der Waals surface area contributed by atoms with E-state index in [4.69, 9.17) is 0 Å². The lowest BCUT2D eigenvalue weighted by atomic mass is 9.78. The minimum Gasteiger partial charge on any atom is -0.308 e. The molecular formula is C14H18N2O3. The molecule has 0 aliphatic carbocycles. The largest absolute Gasteiger partial charge is 0.308 e. The Balaban J connectivity index is 3.21. The summed E-state index contributed by atoms with van der Waals surface area (Å²) in [5, 5.41) is 10.6. The van der Waals surface area contributed by atoms with E-state index in [1.165, 1.54) is 18.2 Å². The van der Waals surface area contributed by atoms with Crippen molar-refractivity contribution in [1.29, 1.82) is 0 Å². The van der Waals surface area contributed by atoms with Gasteiger partial charge in [0.15, 0.2) is 5.78 Å². The molecule has 0 saturated carbocycles. The van der Waals surface area contributed by atoms with Gasteiger partial charge in [-0.2, -0.15) is 0 Å². The highest BCUT2D eigenvalue weighted by Crippen LogP contribution is 2.28. The van der Waals surface area contributed by atoms with Crippen LogP contribution >= 0.6 is 0 Å². The topological polar surface area (TPSA) is 63.5 Å². The Morgan fingerprint density at radius 3 is 2.32 bits per heavy atom. The summed E-state index contributed by atoms with van der Waals surface area (Å²) in [7, 11) is 3.75. The molecule has 0 aliphatic rings. The average molecular weight is 262 g/mol. The van der Waals surface area contributed by atoms with E-state index in [1.54, 1.807) is 12.1 Å². The number of carbonyl (C=O) groups excluding carboxylic acids is 1. The van der Waals surface area contributed by atoms with Crippen LogP contribution in [-0.2, 0) is 10.2 Å². The Morgan fingerprint density at radius 2 is 1.95 bits per heavy atom. The fraction of sp³-hybridized carbons (Fsp3) is 0.357. The Hall–Kier alpha value is -2.01. The van der Waals surface area contributed by atoms with E-state index < -0.39 is 10.3 Å². The van der Waals surface area contributed by atoms with Gasteiger partial charge in [0.25, 0.3) is 5.69 Å². The smallest absolute Gasteiger partial charge is 0.269 e. The van der Waals surface area contributed by atoms with E-state index in [9.17, 15) is 14.9 Å². The first-order valence-corrected chi connectivity index (χ1v) is 5.88. The first kappa shape index (κ1) is 15.0. The van der Waals surface area contributed by atoms with Gasteiger partial charge in [0.2, 0.25) is 0 Å². The normalized spacial score (nSPS) is 13.9. The lowest BCUT2D eigenvalue weighted by molar-refractivity contribution is -0.384. The molecule has 1 atom stereocenters. The van der Waals surface area contributed by atoms with E-state index >= 15 is 0 Å². The number of non-ortho nitro benzene ring substituents is 1.